The van der Waals surface area contributed by atoms with E-state index >= 15 is 0 Å². The molecule has 2 heterocycles. The first-order valence-electron chi connectivity index (χ1n) is 17.8. The van der Waals surface area contributed by atoms with Gasteiger partial charge in [-0.15, -0.1) is 0 Å². The summed E-state index contributed by atoms with van der Waals surface area (Å²) in [5.41, 5.74) is 0.562. The van der Waals surface area contributed by atoms with Crippen LogP contribution in [0.15, 0.2) is 60.7 Å². The number of aliphatic carboxylic acids is 2. The minimum atomic E-state index is -1.37. The Balaban J connectivity index is 1.78. The monoisotopic (exact) mass is 666 g/mol. The standard InChI is InChI=1S/C36H58N8O4/c45-34(46)33(43-23-19-39-15-11-37-12-16-40-20-24-43)28-32(27-30-7-3-1-4-8-30)36(35(47)48,29-31-9-5-2-6-10-31)44-25-21-41-17-13-38-14-18-42-22-26-44/h1-10,32-33,37-42H,11-29H2,(H,45,46)(H,47,48). The molecule has 2 aromatic rings. The highest BCUT2D eigenvalue weighted by Crippen LogP contribution is 2.37. The number of nitrogens with one attached hydrogen (secondary N) is 6. The molecular formula is C36H58N8O4. The van der Waals surface area contributed by atoms with Gasteiger partial charge in [-0.05, 0) is 29.9 Å². The molecule has 2 fully saturated rings. The molecule has 0 aliphatic carbocycles. The molecule has 0 bridgehead atoms. The number of hydrogen-bond donors (Lipinski definition) is 8. The molecule has 2 aromatic carbocycles. The van der Waals surface area contributed by atoms with Crippen LogP contribution in [0.1, 0.15) is 17.5 Å². The predicted molar refractivity (Wildman–Crippen MR) is 191 cm³/mol. The highest BCUT2D eigenvalue weighted by atomic mass is 16.4. The third-order valence-electron chi connectivity index (χ3n) is 9.67. The molecule has 2 aliphatic heterocycles. The lowest BCUT2D eigenvalue weighted by Gasteiger charge is -2.48. The van der Waals surface area contributed by atoms with E-state index < -0.39 is 29.4 Å². The Morgan fingerprint density at radius 1 is 0.604 bits per heavy atom. The summed E-state index contributed by atoms with van der Waals surface area (Å²) < 4.78 is 0. The maximum atomic E-state index is 14.1. The Labute approximate surface area is 286 Å². The zero-order valence-corrected chi connectivity index (χ0v) is 28.5. The highest BCUT2D eigenvalue weighted by Gasteiger charge is 2.51. The van der Waals surface area contributed by atoms with Crippen LogP contribution in [0.3, 0.4) is 0 Å². The van der Waals surface area contributed by atoms with E-state index in [0.29, 0.717) is 58.8 Å². The fraction of sp³-hybridized carbons (Fsp3) is 0.611. The second kappa shape index (κ2) is 21.2. The van der Waals surface area contributed by atoms with Crippen molar-refractivity contribution in [3.63, 3.8) is 0 Å². The van der Waals surface area contributed by atoms with Crippen molar-refractivity contribution in [1.29, 1.82) is 0 Å². The van der Waals surface area contributed by atoms with Gasteiger partial charge in [0.25, 0.3) is 0 Å². The van der Waals surface area contributed by atoms with Crippen molar-refractivity contribution >= 4 is 11.9 Å². The summed E-state index contributed by atoms with van der Waals surface area (Å²) in [5.74, 6) is -2.33. The number of rotatable bonds is 11. The Kier molecular flexibility index (Phi) is 16.7. The van der Waals surface area contributed by atoms with Crippen molar-refractivity contribution in [2.24, 2.45) is 5.92 Å². The maximum Gasteiger partial charge on any atom is 0.324 e. The zero-order chi connectivity index (χ0) is 33.9. The molecule has 2 aliphatic rings. The SMILES string of the molecule is O=C(O)C(CC(Cc1ccccc1)C(Cc1ccccc1)(C(=O)O)N1CCNCCNCCNCC1)N1CCNCCNCCNCC1. The molecular weight excluding hydrogens is 608 g/mol. The lowest BCUT2D eigenvalue weighted by molar-refractivity contribution is -0.159. The fourth-order valence-electron chi connectivity index (χ4n) is 7.09. The zero-order valence-electron chi connectivity index (χ0n) is 28.5. The van der Waals surface area contributed by atoms with Gasteiger partial charge in [0.05, 0.1) is 0 Å². The number of carboxylic acid groups (broad SMARTS) is 2. The van der Waals surface area contributed by atoms with Gasteiger partial charge in [0.1, 0.15) is 11.6 Å². The van der Waals surface area contributed by atoms with E-state index in [1.54, 1.807) is 0 Å². The van der Waals surface area contributed by atoms with Gasteiger partial charge in [-0.25, -0.2) is 0 Å². The van der Waals surface area contributed by atoms with Crippen LogP contribution >= 0.6 is 0 Å². The van der Waals surface area contributed by atoms with Crippen LogP contribution in [0.2, 0.25) is 0 Å². The van der Waals surface area contributed by atoms with Crippen molar-refractivity contribution in [3.8, 4) is 0 Å². The average Bonchev–Trinajstić information content (AvgIpc) is 3.07. The summed E-state index contributed by atoms with van der Waals surface area (Å²) in [4.78, 5) is 31.6. The minimum Gasteiger partial charge on any atom is -0.480 e. The molecule has 266 valence electrons. The smallest absolute Gasteiger partial charge is 0.324 e. The number of carboxylic acids is 2. The Hall–Kier alpha value is -2.94. The van der Waals surface area contributed by atoms with Gasteiger partial charge >= 0.3 is 11.9 Å². The normalized spacial score (nSPS) is 21.6. The van der Waals surface area contributed by atoms with Crippen LogP contribution in [-0.4, -0.2) is 148 Å². The van der Waals surface area contributed by atoms with Gasteiger partial charge in [0.2, 0.25) is 0 Å². The Bertz CT molecular complexity index is 1170. The summed E-state index contributed by atoms with van der Waals surface area (Å²) in [6.07, 6.45) is 0.915. The van der Waals surface area contributed by atoms with E-state index in [-0.39, 0.29) is 12.8 Å². The molecule has 0 aromatic heterocycles. The third kappa shape index (κ3) is 11.9. The molecule has 12 nitrogen and oxygen atoms in total. The maximum absolute atomic E-state index is 14.1. The second-order valence-corrected chi connectivity index (χ2v) is 12.9. The molecule has 0 radical (unpaired) electrons. The second-order valence-electron chi connectivity index (χ2n) is 12.9. The summed E-state index contributed by atoms with van der Waals surface area (Å²) in [6, 6.07) is 18.9. The van der Waals surface area contributed by atoms with E-state index in [1.807, 2.05) is 65.6 Å². The molecule has 12 heteroatoms. The van der Waals surface area contributed by atoms with Crippen LogP contribution in [-0.2, 0) is 22.4 Å². The molecule has 0 amide bonds. The molecule has 3 atom stereocenters. The van der Waals surface area contributed by atoms with Crippen LogP contribution in [0.25, 0.3) is 0 Å². The van der Waals surface area contributed by atoms with Crippen molar-refractivity contribution in [2.75, 3.05) is 105 Å². The summed E-state index contributed by atoms with van der Waals surface area (Å²) in [7, 11) is 0. The number of benzene rings is 2. The van der Waals surface area contributed by atoms with Crippen molar-refractivity contribution < 1.29 is 19.8 Å². The van der Waals surface area contributed by atoms with Crippen LogP contribution in [0.4, 0.5) is 0 Å². The summed E-state index contributed by atoms with van der Waals surface area (Å²) >= 11 is 0. The molecule has 8 N–H and O–H groups in total. The fourth-order valence-corrected chi connectivity index (χ4v) is 7.09. The summed E-state index contributed by atoms with van der Waals surface area (Å²) in [6.45, 7) is 11.3. The van der Waals surface area contributed by atoms with Crippen molar-refractivity contribution in [3.05, 3.63) is 71.8 Å². The lowest BCUT2D eigenvalue weighted by Crippen LogP contribution is -2.65. The van der Waals surface area contributed by atoms with Gasteiger partial charge < -0.3 is 42.1 Å². The predicted octanol–water partition coefficient (Wildman–Crippen LogP) is -0.0765. The van der Waals surface area contributed by atoms with Crippen LogP contribution in [0.5, 0.6) is 0 Å². The minimum absolute atomic E-state index is 0.201. The Morgan fingerprint density at radius 2 is 1.02 bits per heavy atom. The van der Waals surface area contributed by atoms with E-state index in [0.717, 1.165) is 63.5 Å². The average molecular weight is 667 g/mol. The van der Waals surface area contributed by atoms with E-state index in [2.05, 4.69) is 36.8 Å². The van der Waals surface area contributed by atoms with Gasteiger partial charge in [0.15, 0.2) is 0 Å². The number of hydrogen-bond acceptors (Lipinski definition) is 10. The van der Waals surface area contributed by atoms with Gasteiger partial charge in [-0.2, -0.15) is 0 Å². The quantitative estimate of drug-likeness (QED) is 0.162. The first-order chi connectivity index (χ1) is 23.5. The molecule has 4 rings (SSSR count). The van der Waals surface area contributed by atoms with Crippen LogP contribution < -0.4 is 31.9 Å². The Morgan fingerprint density at radius 3 is 1.46 bits per heavy atom. The number of carbonyl (C=O) groups is 2. The molecule has 2 saturated heterocycles. The van der Waals surface area contributed by atoms with E-state index in [4.69, 9.17) is 0 Å². The van der Waals surface area contributed by atoms with Gasteiger partial charge in [-0.3, -0.25) is 19.4 Å². The van der Waals surface area contributed by atoms with Gasteiger partial charge in [-0.1, -0.05) is 60.7 Å². The van der Waals surface area contributed by atoms with Crippen LogP contribution in [0, 0.1) is 5.92 Å². The largest absolute Gasteiger partial charge is 0.480 e. The summed E-state index contributed by atoms with van der Waals surface area (Å²) in [5, 5.41) is 43.2. The third-order valence-corrected chi connectivity index (χ3v) is 9.67. The molecule has 0 saturated carbocycles. The van der Waals surface area contributed by atoms with Gasteiger partial charge in [0, 0.05) is 111 Å². The topological polar surface area (TPSA) is 153 Å². The van der Waals surface area contributed by atoms with E-state index in [1.165, 1.54) is 0 Å². The number of nitrogens with zero attached hydrogens (tertiary/aromatic N) is 2. The lowest BCUT2D eigenvalue weighted by atomic mass is 9.71. The van der Waals surface area contributed by atoms with Crippen molar-refractivity contribution in [1.82, 2.24) is 41.7 Å². The van der Waals surface area contributed by atoms with E-state index in [9.17, 15) is 19.8 Å². The molecule has 3 unspecified atom stereocenters. The highest BCUT2D eigenvalue weighted by molar-refractivity contribution is 5.80. The molecule has 48 heavy (non-hydrogen) atoms. The molecule has 0 spiro atoms. The first-order valence-corrected chi connectivity index (χ1v) is 17.8. The first kappa shape index (κ1) is 37.9. The van der Waals surface area contributed by atoms with Crippen molar-refractivity contribution in [2.45, 2.75) is 30.8 Å².